The average molecular weight is 347 g/mol. The largest absolute Gasteiger partial charge is 0.352 e. The fourth-order valence-corrected chi connectivity index (χ4v) is 5.63. The molecule has 3 heterocycles. The van der Waals surface area contributed by atoms with Gasteiger partial charge in [0.1, 0.15) is 0 Å². The van der Waals surface area contributed by atoms with Gasteiger partial charge >= 0.3 is 0 Å². The van der Waals surface area contributed by atoms with Crippen molar-refractivity contribution in [3.05, 3.63) is 44.3 Å². The number of hydrogen-bond acceptors (Lipinski definition) is 4. The molecule has 1 aliphatic carbocycles. The van der Waals surface area contributed by atoms with Crippen LogP contribution in [-0.2, 0) is 11.2 Å². The van der Waals surface area contributed by atoms with E-state index >= 15 is 0 Å². The number of rotatable bonds is 4. The molecule has 0 aromatic carbocycles. The second-order valence-electron chi connectivity index (χ2n) is 6.49. The van der Waals surface area contributed by atoms with Crippen LogP contribution in [0.2, 0.25) is 0 Å². The first-order valence-electron chi connectivity index (χ1n) is 8.44. The summed E-state index contributed by atoms with van der Waals surface area (Å²) >= 11 is 3.64. The van der Waals surface area contributed by atoms with Gasteiger partial charge in [-0.15, -0.1) is 22.7 Å². The number of fused-ring (bicyclic) bond motifs is 1. The first-order chi connectivity index (χ1) is 11.3. The molecule has 4 rings (SSSR count). The lowest BCUT2D eigenvalue weighted by Crippen LogP contribution is -2.44. The second-order valence-corrected chi connectivity index (χ2v) is 8.47. The van der Waals surface area contributed by atoms with Crippen molar-refractivity contribution >= 4 is 28.6 Å². The van der Waals surface area contributed by atoms with Gasteiger partial charge in [-0.05, 0) is 47.7 Å². The molecule has 0 spiro atoms. The minimum Gasteiger partial charge on any atom is -0.352 e. The molecule has 0 saturated heterocycles. The molecule has 1 atom stereocenters. The first-order valence-corrected chi connectivity index (χ1v) is 10.2. The minimum atomic E-state index is 0.192. The van der Waals surface area contributed by atoms with Gasteiger partial charge in [-0.2, -0.15) is 0 Å². The van der Waals surface area contributed by atoms with Crippen LogP contribution >= 0.6 is 22.7 Å². The Morgan fingerprint density at radius 2 is 2.09 bits per heavy atom. The molecule has 1 saturated carbocycles. The van der Waals surface area contributed by atoms with Crippen molar-refractivity contribution in [2.24, 2.45) is 0 Å². The molecule has 1 N–H and O–H groups in total. The van der Waals surface area contributed by atoms with Gasteiger partial charge in [0.15, 0.2) is 0 Å². The van der Waals surface area contributed by atoms with Gasteiger partial charge in [0, 0.05) is 22.3 Å². The van der Waals surface area contributed by atoms with E-state index in [1.807, 2.05) is 11.3 Å². The highest BCUT2D eigenvalue weighted by Gasteiger charge is 2.31. The molecule has 2 aromatic heterocycles. The molecule has 1 amide bonds. The summed E-state index contributed by atoms with van der Waals surface area (Å²) in [6.07, 6.45) is 5.87. The molecule has 2 aromatic rings. The predicted octanol–water partition coefficient (Wildman–Crippen LogP) is 3.82. The van der Waals surface area contributed by atoms with Crippen LogP contribution in [0.25, 0.3) is 0 Å². The van der Waals surface area contributed by atoms with Crippen LogP contribution in [0.15, 0.2) is 29.0 Å². The summed E-state index contributed by atoms with van der Waals surface area (Å²) in [5.41, 5.74) is 1.40. The van der Waals surface area contributed by atoms with Gasteiger partial charge in [0.2, 0.25) is 5.91 Å². The van der Waals surface area contributed by atoms with Crippen molar-refractivity contribution in [2.75, 3.05) is 13.1 Å². The Labute approximate surface area is 145 Å². The Morgan fingerprint density at radius 1 is 1.22 bits per heavy atom. The highest BCUT2D eigenvalue weighted by atomic mass is 32.1. The van der Waals surface area contributed by atoms with Crippen molar-refractivity contribution < 1.29 is 4.79 Å². The molecule has 1 fully saturated rings. The van der Waals surface area contributed by atoms with E-state index in [9.17, 15) is 4.79 Å². The molecule has 5 heteroatoms. The number of thiophene rings is 2. The fourth-order valence-electron chi connectivity index (χ4n) is 3.85. The summed E-state index contributed by atoms with van der Waals surface area (Å²) < 4.78 is 0. The zero-order chi connectivity index (χ0) is 15.6. The van der Waals surface area contributed by atoms with Crippen molar-refractivity contribution in [3.63, 3.8) is 0 Å². The van der Waals surface area contributed by atoms with Crippen LogP contribution in [0.5, 0.6) is 0 Å². The van der Waals surface area contributed by atoms with E-state index in [2.05, 4.69) is 39.2 Å². The van der Waals surface area contributed by atoms with E-state index < -0.39 is 0 Å². The Bertz CT molecular complexity index is 658. The summed E-state index contributed by atoms with van der Waals surface area (Å²) in [4.78, 5) is 17.7. The maximum Gasteiger partial charge on any atom is 0.234 e. The lowest BCUT2D eigenvalue weighted by Gasteiger charge is -2.35. The zero-order valence-corrected chi connectivity index (χ0v) is 14.8. The van der Waals surface area contributed by atoms with Crippen molar-refractivity contribution in [1.82, 2.24) is 10.2 Å². The highest BCUT2D eigenvalue weighted by molar-refractivity contribution is 7.10. The third kappa shape index (κ3) is 3.23. The summed E-state index contributed by atoms with van der Waals surface area (Å²) in [7, 11) is 0. The quantitative estimate of drug-likeness (QED) is 0.913. The van der Waals surface area contributed by atoms with E-state index in [-0.39, 0.29) is 11.9 Å². The number of nitrogens with one attached hydrogen (secondary N) is 1. The molecule has 2 aliphatic rings. The molecule has 0 unspecified atom stereocenters. The summed E-state index contributed by atoms with van der Waals surface area (Å²) in [5.74, 6) is 0.192. The second kappa shape index (κ2) is 6.75. The molecular weight excluding hydrogens is 324 g/mol. The van der Waals surface area contributed by atoms with Crippen LogP contribution in [0.3, 0.4) is 0 Å². The summed E-state index contributed by atoms with van der Waals surface area (Å²) in [5, 5.41) is 7.55. The van der Waals surface area contributed by atoms with E-state index in [0.717, 1.165) is 25.8 Å². The summed E-state index contributed by atoms with van der Waals surface area (Å²) in [6.45, 7) is 1.47. The normalized spacial score (nSPS) is 22.2. The van der Waals surface area contributed by atoms with Crippen LogP contribution in [-0.4, -0.2) is 29.9 Å². The standard InChI is InChI=1S/C18H22N2OS2/c21-17(19-13-4-1-2-5-13)12-20-9-7-15-14(8-11-23-15)18(20)16-6-3-10-22-16/h3,6,8,10-11,13,18H,1-2,4-5,7,9,12H2,(H,19,21)/t18-/m1/s1. The maximum atomic E-state index is 12.5. The Hall–Kier alpha value is -1.17. The molecular formula is C18H22N2OS2. The van der Waals surface area contributed by atoms with E-state index in [1.165, 1.54) is 28.2 Å². The molecule has 0 radical (unpaired) electrons. The minimum absolute atomic E-state index is 0.192. The molecule has 122 valence electrons. The van der Waals surface area contributed by atoms with Gasteiger partial charge in [0.05, 0.1) is 12.6 Å². The predicted molar refractivity (Wildman–Crippen MR) is 96.2 cm³/mol. The topological polar surface area (TPSA) is 32.3 Å². The third-order valence-electron chi connectivity index (χ3n) is 4.95. The van der Waals surface area contributed by atoms with Crippen LogP contribution in [0.4, 0.5) is 0 Å². The van der Waals surface area contributed by atoms with Gasteiger partial charge in [-0.3, -0.25) is 9.69 Å². The monoisotopic (exact) mass is 346 g/mol. The molecule has 1 aliphatic heterocycles. The first kappa shape index (κ1) is 15.4. The highest BCUT2D eigenvalue weighted by Crippen LogP contribution is 2.39. The molecule has 0 bridgehead atoms. The van der Waals surface area contributed by atoms with Gasteiger partial charge < -0.3 is 5.32 Å². The average Bonchev–Trinajstić information content (AvgIpc) is 3.29. The van der Waals surface area contributed by atoms with E-state index in [1.54, 1.807) is 11.3 Å². The third-order valence-corrected chi connectivity index (χ3v) is 6.87. The van der Waals surface area contributed by atoms with Crippen molar-refractivity contribution in [2.45, 2.75) is 44.2 Å². The Morgan fingerprint density at radius 3 is 2.87 bits per heavy atom. The number of hydrogen-bond donors (Lipinski definition) is 1. The van der Waals surface area contributed by atoms with Crippen LogP contribution < -0.4 is 5.32 Å². The zero-order valence-electron chi connectivity index (χ0n) is 13.2. The van der Waals surface area contributed by atoms with Gasteiger partial charge in [-0.25, -0.2) is 0 Å². The smallest absolute Gasteiger partial charge is 0.234 e. The lowest BCUT2D eigenvalue weighted by molar-refractivity contribution is -0.123. The van der Waals surface area contributed by atoms with E-state index in [4.69, 9.17) is 0 Å². The summed E-state index contributed by atoms with van der Waals surface area (Å²) in [6, 6.07) is 7.20. The fraction of sp³-hybridized carbons (Fsp3) is 0.500. The van der Waals surface area contributed by atoms with Crippen molar-refractivity contribution in [1.29, 1.82) is 0 Å². The molecule has 23 heavy (non-hydrogen) atoms. The van der Waals surface area contributed by atoms with Gasteiger partial charge in [-0.1, -0.05) is 18.9 Å². The number of carbonyl (C=O) groups is 1. The lowest BCUT2D eigenvalue weighted by atomic mass is 9.98. The Balaban J connectivity index is 1.51. The van der Waals surface area contributed by atoms with Crippen LogP contribution in [0.1, 0.15) is 47.0 Å². The van der Waals surface area contributed by atoms with Crippen molar-refractivity contribution in [3.8, 4) is 0 Å². The van der Waals surface area contributed by atoms with Gasteiger partial charge in [0.25, 0.3) is 0 Å². The molecule has 3 nitrogen and oxygen atoms in total. The SMILES string of the molecule is O=C(CN1CCc2sccc2[C@@H]1c1cccs1)NC1CCCC1. The van der Waals surface area contributed by atoms with Crippen LogP contribution in [0, 0.1) is 0 Å². The van der Waals surface area contributed by atoms with E-state index in [0.29, 0.717) is 12.6 Å². The number of amides is 1. The maximum absolute atomic E-state index is 12.5. The number of carbonyl (C=O) groups excluding carboxylic acids is 1. The Kier molecular flexibility index (Phi) is 4.51. The number of nitrogens with zero attached hydrogens (tertiary/aromatic N) is 1.